The highest BCUT2D eigenvalue weighted by Gasteiger charge is 2.22. The summed E-state index contributed by atoms with van der Waals surface area (Å²) in [5, 5.41) is 0. The summed E-state index contributed by atoms with van der Waals surface area (Å²) in [5.74, 6) is 1.51. The second kappa shape index (κ2) is 11.1. The van der Waals surface area contributed by atoms with E-state index in [2.05, 4.69) is 13.0 Å². The molecule has 0 saturated heterocycles. The standard InChI is InChI=1S/C26H33FO3/c1-3-5-17-29-26(28)30-23-14-11-21(12-15-23)24-16-13-22(18-25(24)27)20-9-7-19(6-4-2)8-10-20/h11-16,18-20H,3-10,17H2,1-2H3. The largest absolute Gasteiger partial charge is 0.513 e. The molecule has 1 aliphatic rings. The lowest BCUT2D eigenvalue weighted by Crippen LogP contribution is -2.13. The SMILES string of the molecule is CCCCOC(=O)Oc1ccc(-c2ccc(C3CCC(CCC)CC3)cc2F)cc1. The molecule has 0 spiro atoms. The van der Waals surface area contributed by atoms with Crippen molar-refractivity contribution in [2.75, 3.05) is 6.61 Å². The van der Waals surface area contributed by atoms with Gasteiger partial charge in [0, 0.05) is 5.56 Å². The van der Waals surface area contributed by atoms with Gasteiger partial charge in [0.1, 0.15) is 11.6 Å². The van der Waals surface area contributed by atoms with Gasteiger partial charge < -0.3 is 9.47 Å². The molecule has 0 aromatic heterocycles. The molecule has 30 heavy (non-hydrogen) atoms. The fourth-order valence-electron chi connectivity index (χ4n) is 4.34. The van der Waals surface area contributed by atoms with Crippen LogP contribution in [0.5, 0.6) is 5.75 Å². The number of hydrogen-bond donors (Lipinski definition) is 0. The van der Waals surface area contributed by atoms with E-state index in [1.807, 2.05) is 13.0 Å². The third-order valence-electron chi connectivity index (χ3n) is 6.09. The Hall–Kier alpha value is -2.36. The van der Waals surface area contributed by atoms with Crippen LogP contribution in [0.2, 0.25) is 0 Å². The van der Waals surface area contributed by atoms with Gasteiger partial charge >= 0.3 is 6.16 Å². The summed E-state index contributed by atoms with van der Waals surface area (Å²) in [6, 6.07) is 12.5. The van der Waals surface area contributed by atoms with Gasteiger partial charge in [-0.15, -0.1) is 0 Å². The van der Waals surface area contributed by atoms with Gasteiger partial charge in [-0.05, 0) is 73.3 Å². The van der Waals surface area contributed by atoms with Crippen molar-refractivity contribution < 1.29 is 18.7 Å². The fraction of sp³-hybridized carbons (Fsp3) is 0.500. The van der Waals surface area contributed by atoms with Crippen molar-refractivity contribution in [3.05, 3.63) is 53.8 Å². The number of carbonyl (C=O) groups excluding carboxylic acids is 1. The average Bonchev–Trinajstić information content (AvgIpc) is 2.75. The molecule has 1 fully saturated rings. The summed E-state index contributed by atoms with van der Waals surface area (Å²) in [7, 11) is 0. The minimum atomic E-state index is -0.708. The lowest BCUT2D eigenvalue weighted by Gasteiger charge is -2.28. The summed E-state index contributed by atoms with van der Waals surface area (Å²) in [4.78, 5) is 11.6. The van der Waals surface area contributed by atoms with Crippen LogP contribution in [0, 0.1) is 11.7 Å². The third-order valence-corrected chi connectivity index (χ3v) is 6.09. The van der Waals surface area contributed by atoms with E-state index < -0.39 is 6.16 Å². The molecule has 1 saturated carbocycles. The number of benzene rings is 2. The van der Waals surface area contributed by atoms with Crippen LogP contribution in [0.15, 0.2) is 42.5 Å². The highest BCUT2D eigenvalue weighted by Crippen LogP contribution is 2.38. The average molecular weight is 413 g/mol. The number of ether oxygens (including phenoxy) is 2. The molecule has 3 rings (SSSR count). The second-order valence-corrected chi connectivity index (χ2v) is 8.32. The van der Waals surface area contributed by atoms with Gasteiger partial charge in [0.05, 0.1) is 6.61 Å². The van der Waals surface area contributed by atoms with Crippen LogP contribution in [0.3, 0.4) is 0 Å². The van der Waals surface area contributed by atoms with Crippen LogP contribution < -0.4 is 4.74 Å². The molecule has 0 heterocycles. The highest BCUT2D eigenvalue weighted by molar-refractivity contribution is 5.67. The number of rotatable bonds is 8. The highest BCUT2D eigenvalue weighted by atomic mass is 19.1. The lowest BCUT2D eigenvalue weighted by atomic mass is 9.77. The van der Waals surface area contributed by atoms with Crippen molar-refractivity contribution in [1.82, 2.24) is 0 Å². The Balaban J connectivity index is 1.60. The predicted octanol–water partition coefficient (Wildman–Crippen LogP) is 7.88. The minimum absolute atomic E-state index is 0.198. The van der Waals surface area contributed by atoms with E-state index in [0.717, 1.165) is 42.7 Å². The van der Waals surface area contributed by atoms with Gasteiger partial charge in [-0.3, -0.25) is 0 Å². The first-order valence-corrected chi connectivity index (χ1v) is 11.3. The molecule has 0 radical (unpaired) electrons. The molecule has 0 aliphatic heterocycles. The van der Waals surface area contributed by atoms with E-state index in [0.29, 0.717) is 23.8 Å². The fourth-order valence-corrected chi connectivity index (χ4v) is 4.34. The molecular formula is C26H33FO3. The van der Waals surface area contributed by atoms with Crippen LogP contribution in [-0.4, -0.2) is 12.8 Å². The molecule has 0 atom stereocenters. The maximum absolute atomic E-state index is 14.9. The van der Waals surface area contributed by atoms with E-state index in [1.54, 1.807) is 30.3 Å². The van der Waals surface area contributed by atoms with Crippen LogP contribution in [-0.2, 0) is 4.74 Å². The number of hydrogen-bond acceptors (Lipinski definition) is 3. The lowest BCUT2D eigenvalue weighted by molar-refractivity contribution is 0.0978. The molecule has 3 nitrogen and oxygen atoms in total. The molecule has 2 aromatic carbocycles. The maximum Gasteiger partial charge on any atom is 0.513 e. The molecule has 0 N–H and O–H groups in total. The summed E-state index contributed by atoms with van der Waals surface area (Å²) in [6.07, 6.45) is 8.44. The van der Waals surface area contributed by atoms with Gasteiger partial charge in [-0.25, -0.2) is 9.18 Å². The van der Waals surface area contributed by atoms with E-state index in [-0.39, 0.29) is 5.82 Å². The van der Waals surface area contributed by atoms with Gasteiger partial charge in [0.25, 0.3) is 0 Å². The molecule has 1 aliphatic carbocycles. The Kier molecular flexibility index (Phi) is 8.30. The van der Waals surface area contributed by atoms with Crippen LogP contribution >= 0.6 is 0 Å². The summed E-state index contributed by atoms with van der Waals surface area (Å²) in [6.45, 7) is 4.63. The van der Waals surface area contributed by atoms with E-state index in [4.69, 9.17) is 9.47 Å². The number of unbranched alkanes of at least 4 members (excludes halogenated alkanes) is 1. The summed E-state index contributed by atoms with van der Waals surface area (Å²) < 4.78 is 25.0. The first-order valence-electron chi connectivity index (χ1n) is 11.3. The Bertz CT molecular complexity index is 808. The molecule has 4 heteroatoms. The van der Waals surface area contributed by atoms with Crippen molar-refractivity contribution in [1.29, 1.82) is 0 Å². The Morgan fingerprint density at radius 3 is 2.37 bits per heavy atom. The van der Waals surface area contributed by atoms with Crippen molar-refractivity contribution in [3.63, 3.8) is 0 Å². The smallest absolute Gasteiger partial charge is 0.434 e. The molecule has 0 unspecified atom stereocenters. The third kappa shape index (κ3) is 6.07. The van der Waals surface area contributed by atoms with Gasteiger partial charge in [0.15, 0.2) is 0 Å². The van der Waals surface area contributed by atoms with E-state index in [1.165, 1.54) is 25.7 Å². The quantitative estimate of drug-likeness (QED) is 0.251. The maximum atomic E-state index is 14.9. The zero-order chi connectivity index (χ0) is 21.3. The number of carbonyl (C=O) groups is 1. The van der Waals surface area contributed by atoms with Gasteiger partial charge in [0.2, 0.25) is 0 Å². The molecule has 0 bridgehead atoms. The Labute approximate surface area is 179 Å². The summed E-state index contributed by atoms with van der Waals surface area (Å²) >= 11 is 0. The normalized spacial score (nSPS) is 18.8. The Morgan fingerprint density at radius 1 is 1.00 bits per heavy atom. The first kappa shape index (κ1) is 22.3. The second-order valence-electron chi connectivity index (χ2n) is 8.32. The Morgan fingerprint density at radius 2 is 1.73 bits per heavy atom. The predicted molar refractivity (Wildman–Crippen MR) is 118 cm³/mol. The minimum Gasteiger partial charge on any atom is -0.434 e. The van der Waals surface area contributed by atoms with Crippen molar-refractivity contribution in [2.24, 2.45) is 5.92 Å². The summed E-state index contributed by atoms with van der Waals surface area (Å²) in [5.41, 5.74) is 2.44. The molecule has 2 aromatic rings. The first-order chi connectivity index (χ1) is 14.6. The molecular weight excluding hydrogens is 379 g/mol. The van der Waals surface area contributed by atoms with Crippen LogP contribution in [0.25, 0.3) is 11.1 Å². The van der Waals surface area contributed by atoms with Gasteiger partial charge in [-0.1, -0.05) is 57.4 Å². The van der Waals surface area contributed by atoms with Crippen molar-refractivity contribution in [3.8, 4) is 16.9 Å². The van der Waals surface area contributed by atoms with Crippen molar-refractivity contribution in [2.45, 2.75) is 71.1 Å². The van der Waals surface area contributed by atoms with E-state index in [9.17, 15) is 9.18 Å². The van der Waals surface area contributed by atoms with E-state index >= 15 is 0 Å². The molecule has 0 amide bonds. The van der Waals surface area contributed by atoms with Gasteiger partial charge in [-0.2, -0.15) is 0 Å². The van der Waals surface area contributed by atoms with Crippen LogP contribution in [0.1, 0.15) is 76.7 Å². The zero-order valence-electron chi connectivity index (χ0n) is 18.2. The molecule has 162 valence electrons. The zero-order valence-corrected chi connectivity index (χ0v) is 18.2. The van der Waals surface area contributed by atoms with Crippen molar-refractivity contribution >= 4 is 6.16 Å². The van der Waals surface area contributed by atoms with Crippen LogP contribution in [0.4, 0.5) is 9.18 Å². The monoisotopic (exact) mass is 412 g/mol. The topological polar surface area (TPSA) is 35.5 Å². The number of halogens is 1.